The van der Waals surface area contributed by atoms with Crippen LogP contribution in [0.5, 0.6) is 0 Å². The van der Waals surface area contributed by atoms with Crippen LogP contribution in [-0.4, -0.2) is 31.5 Å². The van der Waals surface area contributed by atoms with Gasteiger partial charge in [-0.15, -0.1) is 0 Å². The Balaban J connectivity index is 3.22. The second kappa shape index (κ2) is 14.8. The standard InChI is InChI=1S/C17H35FN2/c1-4-5-6-7-8-9-11-14-17(18)15-12-10-13-16-19-20(2)3/h16-17H,4-15H2,1-3H3/b19-16+/t17-/m0/s1. The van der Waals surface area contributed by atoms with Gasteiger partial charge in [-0.1, -0.05) is 58.3 Å². The number of nitrogens with zero attached hydrogens (tertiary/aromatic N) is 2. The lowest BCUT2D eigenvalue weighted by molar-refractivity contribution is 0.280. The highest BCUT2D eigenvalue weighted by atomic mass is 19.1. The second-order valence-electron chi connectivity index (χ2n) is 5.94. The molecule has 0 aromatic heterocycles. The molecule has 1 atom stereocenters. The van der Waals surface area contributed by atoms with Crippen molar-refractivity contribution in [2.45, 2.75) is 90.1 Å². The van der Waals surface area contributed by atoms with Crippen molar-refractivity contribution in [3.8, 4) is 0 Å². The Morgan fingerprint density at radius 3 is 2.05 bits per heavy atom. The van der Waals surface area contributed by atoms with Gasteiger partial charge in [0.05, 0.1) is 0 Å². The number of alkyl halides is 1. The van der Waals surface area contributed by atoms with Crippen LogP contribution in [0.15, 0.2) is 5.10 Å². The lowest BCUT2D eigenvalue weighted by Gasteiger charge is -2.07. The molecule has 0 aromatic carbocycles. The molecule has 0 fully saturated rings. The lowest BCUT2D eigenvalue weighted by Crippen LogP contribution is -2.02. The molecule has 0 unspecified atom stereocenters. The molecule has 0 bridgehead atoms. The van der Waals surface area contributed by atoms with Crippen molar-refractivity contribution in [2.24, 2.45) is 5.10 Å². The Morgan fingerprint density at radius 1 is 0.900 bits per heavy atom. The molecule has 0 spiro atoms. The van der Waals surface area contributed by atoms with Crippen molar-refractivity contribution in [3.05, 3.63) is 0 Å². The molecule has 0 rings (SSSR count). The van der Waals surface area contributed by atoms with Gasteiger partial charge in [0.25, 0.3) is 0 Å². The van der Waals surface area contributed by atoms with Crippen LogP contribution in [0, 0.1) is 0 Å². The molecule has 0 radical (unpaired) electrons. The molecule has 20 heavy (non-hydrogen) atoms. The maximum atomic E-state index is 13.6. The summed E-state index contributed by atoms with van der Waals surface area (Å²) in [5.74, 6) is 0. The molecule has 0 aromatic rings. The Kier molecular flexibility index (Phi) is 14.4. The van der Waals surface area contributed by atoms with Crippen molar-refractivity contribution in [2.75, 3.05) is 14.1 Å². The average Bonchev–Trinajstić information content (AvgIpc) is 2.41. The van der Waals surface area contributed by atoms with Crippen molar-refractivity contribution in [1.29, 1.82) is 0 Å². The van der Waals surface area contributed by atoms with Gasteiger partial charge in [0.1, 0.15) is 6.17 Å². The number of rotatable bonds is 14. The quantitative estimate of drug-likeness (QED) is 0.231. The number of hydrazone groups is 1. The van der Waals surface area contributed by atoms with Gasteiger partial charge >= 0.3 is 0 Å². The van der Waals surface area contributed by atoms with E-state index in [0.717, 1.165) is 38.5 Å². The summed E-state index contributed by atoms with van der Waals surface area (Å²) in [6.07, 6.45) is 14.7. The molecule has 3 heteroatoms. The average molecular weight is 286 g/mol. The van der Waals surface area contributed by atoms with Crippen LogP contribution in [0.3, 0.4) is 0 Å². The van der Waals surface area contributed by atoms with Crippen molar-refractivity contribution < 1.29 is 4.39 Å². The maximum Gasteiger partial charge on any atom is 0.100 e. The third kappa shape index (κ3) is 15.5. The summed E-state index contributed by atoms with van der Waals surface area (Å²) in [5, 5.41) is 5.94. The minimum Gasteiger partial charge on any atom is -0.303 e. The summed E-state index contributed by atoms with van der Waals surface area (Å²) in [4.78, 5) is 0. The number of hydrogen-bond donors (Lipinski definition) is 0. The van der Waals surface area contributed by atoms with Gasteiger partial charge in [0, 0.05) is 20.3 Å². The Labute approximate surface area is 125 Å². The summed E-state index contributed by atoms with van der Waals surface area (Å²) in [7, 11) is 3.83. The first-order valence-corrected chi connectivity index (χ1v) is 8.50. The number of hydrogen-bond acceptors (Lipinski definition) is 2. The monoisotopic (exact) mass is 286 g/mol. The van der Waals surface area contributed by atoms with Gasteiger partial charge in [0.2, 0.25) is 0 Å². The molecule has 0 N–H and O–H groups in total. The van der Waals surface area contributed by atoms with Gasteiger partial charge in [0.15, 0.2) is 0 Å². The first kappa shape index (κ1) is 19.4. The van der Waals surface area contributed by atoms with Gasteiger partial charge in [-0.2, -0.15) is 5.10 Å². The Morgan fingerprint density at radius 2 is 1.45 bits per heavy atom. The van der Waals surface area contributed by atoms with E-state index >= 15 is 0 Å². The van der Waals surface area contributed by atoms with E-state index in [1.165, 1.54) is 38.5 Å². The van der Waals surface area contributed by atoms with E-state index < -0.39 is 6.17 Å². The van der Waals surface area contributed by atoms with Crippen LogP contribution in [0.2, 0.25) is 0 Å². The Hall–Kier alpha value is -0.600. The second-order valence-corrected chi connectivity index (χ2v) is 5.94. The van der Waals surface area contributed by atoms with E-state index in [2.05, 4.69) is 12.0 Å². The van der Waals surface area contributed by atoms with Crippen molar-refractivity contribution in [3.63, 3.8) is 0 Å². The van der Waals surface area contributed by atoms with E-state index in [1.54, 1.807) is 5.01 Å². The highest BCUT2D eigenvalue weighted by Crippen LogP contribution is 2.15. The zero-order chi connectivity index (χ0) is 15.1. The van der Waals surface area contributed by atoms with Crippen LogP contribution in [0.25, 0.3) is 0 Å². The van der Waals surface area contributed by atoms with Gasteiger partial charge in [-0.25, -0.2) is 4.39 Å². The third-order valence-electron chi connectivity index (χ3n) is 3.53. The van der Waals surface area contributed by atoms with Gasteiger partial charge in [-0.3, -0.25) is 0 Å². The summed E-state index contributed by atoms with van der Waals surface area (Å²) in [5.41, 5.74) is 0. The molecule has 0 heterocycles. The molecule has 120 valence electrons. The van der Waals surface area contributed by atoms with Crippen LogP contribution >= 0.6 is 0 Å². The largest absolute Gasteiger partial charge is 0.303 e. The lowest BCUT2D eigenvalue weighted by atomic mass is 10.0. The van der Waals surface area contributed by atoms with Gasteiger partial charge < -0.3 is 5.01 Å². The number of halogens is 1. The zero-order valence-corrected chi connectivity index (χ0v) is 13.9. The molecule has 2 nitrogen and oxygen atoms in total. The van der Waals surface area contributed by atoms with E-state index in [4.69, 9.17) is 0 Å². The Bertz CT molecular complexity index is 217. The molecule has 0 aliphatic heterocycles. The van der Waals surface area contributed by atoms with Crippen LogP contribution in [-0.2, 0) is 0 Å². The highest BCUT2D eigenvalue weighted by Gasteiger charge is 2.05. The van der Waals surface area contributed by atoms with Crippen molar-refractivity contribution in [1.82, 2.24) is 5.01 Å². The van der Waals surface area contributed by atoms with E-state index in [-0.39, 0.29) is 0 Å². The molecule has 0 saturated heterocycles. The normalized spacial score (nSPS) is 13.0. The molecular formula is C17H35FN2. The first-order valence-electron chi connectivity index (χ1n) is 8.50. The zero-order valence-electron chi connectivity index (χ0n) is 13.9. The minimum absolute atomic E-state index is 0.587. The smallest absolute Gasteiger partial charge is 0.100 e. The molecule has 0 amide bonds. The van der Waals surface area contributed by atoms with E-state index in [1.807, 2.05) is 20.3 Å². The topological polar surface area (TPSA) is 15.6 Å². The summed E-state index contributed by atoms with van der Waals surface area (Å²) < 4.78 is 13.6. The first-order chi connectivity index (χ1) is 9.66. The fourth-order valence-corrected chi connectivity index (χ4v) is 2.29. The fourth-order valence-electron chi connectivity index (χ4n) is 2.29. The maximum absolute atomic E-state index is 13.6. The third-order valence-corrected chi connectivity index (χ3v) is 3.53. The summed E-state index contributed by atoms with van der Waals surface area (Å²) in [6.45, 7) is 2.24. The van der Waals surface area contributed by atoms with Crippen LogP contribution < -0.4 is 0 Å². The van der Waals surface area contributed by atoms with E-state index in [9.17, 15) is 4.39 Å². The minimum atomic E-state index is -0.587. The molecule has 0 aliphatic carbocycles. The predicted molar refractivity (Wildman–Crippen MR) is 88.2 cm³/mol. The fraction of sp³-hybridized carbons (Fsp3) is 0.941. The summed E-state index contributed by atoms with van der Waals surface area (Å²) in [6, 6.07) is 0. The molecule has 0 aliphatic rings. The van der Waals surface area contributed by atoms with Crippen molar-refractivity contribution >= 4 is 6.21 Å². The van der Waals surface area contributed by atoms with Gasteiger partial charge in [-0.05, 0) is 25.7 Å². The SMILES string of the molecule is CCCCCCCCC[C@H](F)CCCC/C=N/N(C)C. The molecule has 0 saturated carbocycles. The van der Waals surface area contributed by atoms with E-state index in [0.29, 0.717) is 0 Å². The predicted octanol–water partition coefficient (Wildman–Crippen LogP) is 5.57. The summed E-state index contributed by atoms with van der Waals surface area (Å²) >= 11 is 0. The van der Waals surface area contributed by atoms with Crippen LogP contribution in [0.1, 0.15) is 84.0 Å². The highest BCUT2D eigenvalue weighted by molar-refractivity contribution is 5.56. The number of unbranched alkanes of at least 4 members (excludes halogenated alkanes) is 8. The molecular weight excluding hydrogens is 251 g/mol. The van der Waals surface area contributed by atoms with Crippen LogP contribution in [0.4, 0.5) is 4.39 Å².